The first-order chi connectivity index (χ1) is 10.1. The zero-order valence-corrected chi connectivity index (χ0v) is 12.9. The molecule has 0 unspecified atom stereocenters. The van der Waals surface area contributed by atoms with Gasteiger partial charge in [-0.15, -0.1) is 16.4 Å². The number of carbonyl (C=O) groups excluding carboxylic acids is 1. The number of rotatable bonds is 4. The lowest BCUT2D eigenvalue weighted by atomic mass is 10.2. The van der Waals surface area contributed by atoms with Crippen LogP contribution in [0.25, 0.3) is 0 Å². The van der Waals surface area contributed by atoms with Gasteiger partial charge < -0.3 is 0 Å². The maximum atomic E-state index is 12.6. The predicted octanol–water partition coefficient (Wildman–Crippen LogP) is 1.64. The summed E-state index contributed by atoms with van der Waals surface area (Å²) in [7, 11) is 0. The van der Waals surface area contributed by atoms with Crippen LogP contribution in [0.5, 0.6) is 0 Å². The van der Waals surface area contributed by atoms with Crippen LogP contribution in [0.2, 0.25) is 0 Å². The molecule has 2 aromatic rings. The van der Waals surface area contributed by atoms with Gasteiger partial charge in [0.25, 0.3) is 0 Å². The molecule has 21 heavy (non-hydrogen) atoms. The van der Waals surface area contributed by atoms with Crippen LogP contribution in [0.1, 0.15) is 13.8 Å². The standard InChI is InChI=1S/C13H17N5O2S/c1-10(2)17(11-7-5-4-6-8-11)13(20)18-12(19)16(9-21-3)14-15-18/h4-8,10H,9H2,1-3H3. The number of thioether (sulfide) groups is 1. The van der Waals surface area contributed by atoms with Crippen molar-refractivity contribution in [3.8, 4) is 0 Å². The second-order valence-corrected chi connectivity index (χ2v) is 5.51. The number of hydrogen-bond acceptors (Lipinski definition) is 5. The highest BCUT2D eigenvalue weighted by atomic mass is 32.2. The van der Waals surface area contributed by atoms with E-state index >= 15 is 0 Å². The van der Waals surface area contributed by atoms with E-state index in [9.17, 15) is 9.59 Å². The lowest BCUT2D eigenvalue weighted by Gasteiger charge is -2.25. The molecule has 0 fully saturated rings. The second kappa shape index (κ2) is 6.57. The van der Waals surface area contributed by atoms with Gasteiger partial charge in [-0.1, -0.05) is 18.2 Å². The van der Waals surface area contributed by atoms with Crippen molar-refractivity contribution in [3.05, 3.63) is 40.8 Å². The van der Waals surface area contributed by atoms with Gasteiger partial charge in [0.2, 0.25) is 0 Å². The van der Waals surface area contributed by atoms with Crippen LogP contribution in [0, 0.1) is 0 Å². The van der Waals surface area contributed by atoms with E-state index in [2.05, 4.69) is 10.4 Å². The molecular formula is C13H17N5O2S. The van der Waals surface area contributed by atoms with E-state index in [4.69, 9.17) is 0 Å². The van der Waals surface area contributed by atoms with Crippen molar-refractivity contribution in [2.24, 2.45) is 0 Å². The molecule has 2 rings (SSSR count). The Balaban J connectivity index is 2.38. The highest BCUT2D eigenvalue weighted by molar-refractivity contribution is 7.97. The second-order valence-electron chi connectivity index (χ2n) is 4.67. The SMILES string of the molecule is CSCn1nnn(C(=O)N(c2ccccc2)C(C)C)c1=O. The summed E-state index contributed by atoms with van der Waals surface area (Å²) in [5, 5.41) is 7.39. The Labute approximate surface area is 126 Å². The number of tetrazole rings is 1. The highest BCUT2D eigenvalue weighted by Gasteiger charge is 2.24. The molecule has 0 spiro atoms. The molecule has 0 N–H and O–H groups in total. The van der Waals surface area contributed by atoms with E-state index in [1.165, 1.54) is 16.7 Å². The molecule has 1 aromatic heterocycles. The number of nitrogens with zero attached hydrogens (tertiary/aromatic N) is 5. The third kappa shape index (κ3) is 3.15. The molecule has 8 heteroatoms. The molecule has 1 amide bonds. The Bertz CT molecular complexity index is 665. The number of amides is 1. The third-order valence-corrected chi connectivity index (χ3v) is 3.33. The van der Waals surface area contributed by atoms with Crippen LogP contribution >= 0.6 is 11.8 Å². The summed E-state index contributed by atoms with van der Waals surface area (Å²) in [5.74, 6) is 0.360. The Morgan fingerprint density at radius 3 is 2.52 bits per heavy atom. The fourth-order valence-corrected chi connectivity index (χ4v) is 2.32. The smallest absolute Gasteiger partial charge is 0.290 e. The van der Waals surface area contributed by atoms with Crippen molar-refractivity contribution in [2.75, 3.05) is 11.2 Å². The Kier molecular flexibility index (Phi) is 4.79. The number of para-hydroxylation sites is 1. The summed E-state index contributed by atoms with van der Waals surface area (Å²) in [6, 6.07) is 8.56. The van der Waals surface area contributed by atoms with E-state index < -0.39 is 11.7 Å². The van der Waals surface area contributed by atoms with E-state index in [1.54, 1.807) is 0 Å². The summed E-state index contributed by atoms with van der Waals surface area (Å²) in [4.78, 5) is 26.2. The molecule has 0 aliphatic heterocycles. The highest BCUT2D eigenvalue weighted by Crippen LogP contribution is 2.17. The van der Waals surface area contributed by atoms with Crippen molar-refractivity contribution in [1.29, 1.82) is 0 Å². The third-order valence-electron chi connectivity index (χ3n) is 2.83. The summed E-state index contributed by atoms with van der Waals surface area (Å²) >= 11 is 1.43. The van der Waals surface area contributed by atoms with Crippen molar-refractivity contribution in [3.63, 3.8) is 0 Å². The van der Waals surface area contributed by atoms with Crippen LogP contribution in [0.15, 0.2) is 35.1 Å². The van der Waals surface area contributed by atoms with Crippen LogP contribution in [0.3, 0.4) is 0 Å². The molecule has 112 valence electrons. The van der Waals surface area contributed by atoms with Gasteiger partial charge in [-0.2, -0.15) is 4.68 Å². The maximum Gasteiger partial charge on any atom is 0.373 e. The van der Waals surface area contributed by atoms with Gasteiger partial charge in [0.05, 0.1) is 5.88 Å². The molecule has 0 aliphatic rings. The summed E-state index contributed by atoms with van der Waals surface area (Å²) in [5.41, 5.74) is 0.180. The number of carbonyl (C=O) groups is 1. The van der Waals surface area contributed by atoms with Gasteiger partial charge in [0.1, 0.15) is 0 Å². The Hall–Kier alpha value is -2.09. The quantitative estimate of drug-likeness (QED) is 0.803. The van der Waals surface area contributed by atoms with Crippen molar-refractivity contribution >= 4 is 23.5 Å². The van der Waals surface area contributed by atoms with Gasteiger partial charge >= 0.3 is 11.7 Å². The van der Waals surface area contributed by atoms with E-state index in [0.29, 0.717) is 11.6 Å². The normalized spacial score (nSPS) is 10.9. The number of aromatic nitrogens is 4. The van der Waals surface area contributed by atoms with Gasteiger partial charge in [-0.05, 0) is 42.7 Å². The number of benzene rings is 1. The minimum Gasteiger partial charge on any atom is -0.290 e. The summed E-state index contributed by atoms with van der Waals surface area (Å²) in [6.07, 6.45) is 1.84. The van der Waals surface area contributed by atoms with Crippen molar-refractivity contribution in [2.45, 2.75) is 25.8 Å². The van der Waals surface area contributed by atoms with Gasteiger partial charge in [0, 0.05) is 11.7 Å². The van der Waals surface area contributed by atoms with Crippen LogP contribution in [-0.2, 0) is 5.88 Å². The average molecular weight is 307 g/mol. The van der Waals surface area contributed by atoms with Crippen molar-refractivity contribution in [1.82, 2.24) is 19.8 Å². The first kappa shape index (κ1) is 15.3. The molecule has 1 aromatic carbocycles. The monoisotopic (exact) mass is 307 g/mol. The van der Waals surface area contributed by atoms with Gasteiger partial charge in [-0.3, -0.25) is 4.90 Å². The van der Waals surface area contributed by atoms with Gasteiger partial charge in [0.15, 0.2) is 0 Å². The largest absolute Gasteiger partial charge is 0.373 e. The zero-order chi connectivity index (χ0) is 15.4. The topological polar surface area (TPSA) is 73.0 Å². The molecule has 0 saturated carbocycles. The Morgan fingerprint density at radius 2 is 1.95 bits per heavy atom. The number of hydrogen-bond donors (Lipinski definition) is 0. The Morgan fingerprint density at radius 1 is 1.29 bits per heavy atom. The first-order valence-corrected chi connectivity index (χ1v) is 7.86. The van der Waals surface area contributed by atoms with Crippen molar-refractivity contribution < 1.29 is 4.79 Å². The fraction of sp³-hybridized carbons (Fsp3) is 0.385. The van der Waals surface area contributed by atoms with E-state index in [-0.39, 0.29) is 6.04 Å². The molecule has 1 heterocycles. The number of anilines is 1. The van der Waals surface area contributed by atoms with Gasteiger partial charge in [-0.25, -0.2) is 9.59 Å². The van der Waals surface area contributed by atoms with Crippen LogP contribution in [-0.4, -0.2) is 38.1 Å². The molecule has 0 aliphatic carbocycles. The van der Waals surface area contributed by atoms with Crippen LogP contribution in [0.4, 0.5) is 10.5 Å². The molecule has 7 nitrogen and oxygen atoms in total. The maximum absolute atomic E-state index is 12.6. The van der Waals surface area contributed by atoms with Crippen LogP contribution < -0.4 is 10.6 Å². The molecule has 0 bridgehead atoms. The van der Waals surface area contributed by atoms with E-state index in [0.717, 1.165) is 9.36 Å². The fourth-order valence-electron chi connectivity index (χ4n) is 1.92. The minimum atomic E-state index is -0.532. The lowest BCUT2D eigenvalue weighted by Crippen LogP contribution is -2.44. The average Bonchev–Trinajstić information content (AvgIpc) is 2.82. The molecule has 0 atom stereocenters. The molecule has 0 radical (unpaired) electrons. The summed E-state index contributed by atoms with van der Waals surface area (Å²) in [6.45, 7) is 3.75. The summed E-state index contributed by atoms with van der Waals surface area (Å²) < 4.78 is 1.95. The van der Waals surface area contributed by atoms with E-state index in [1.807, 2.05) is 50.4 Å². The minimum absolute atomic E-state index is 0.113. The molecular weight excluding hydrogens is 290 g/mol. The predicted molar refractivity (Wildman–Crippen MR) is 82.6 cm³/mol. The lowest BCUT2D eigenvalue weighted by molar-refractivity contribution is 0.242. The first-order valence-electron chi connectivity index (χ1n) is 6.46. The molecule has 0 saturated heterocycles. The zero-order valence-electron chi connectivity index (χ0n) is 12.1.